The standard InChI is InChI=1S/C22H29NO3/c1-22(2,13-6-5-10-21(26)23(3)4)17-11-12-19(20(25)15-17)16-8-7-9-18(24)14-16/h7-9,11-12,14-15,24-25H,5-6,10,13H2,1-4H3. The van der Waals surface area contributed by atoms with Crippen LogP contribution in [0.4, 0.5) is 0 Å². The van der Waals surface area contributed by atoms with Crippen LogP contribution in [0, 0.1) is 0 Å². The fraction of sp³-hybridized carbons (Fsp3) is 0.409. The van der Waals surface area contributed by atoms with Crippen molar-refractivity contribution < 1.29 is 15.0 Å². The molecule has 0 spiro atoms. The van der Waals surface area contributed by atoms with Crippen LogP contribution >= 0.6 is 0 Å². The van der Waals surface area contributed by atoms with Crippen molar-refractivity contribution in [3.63, 3.8) is 0 Å². The van der Waals surface area contributed by atoms with Crippen molar-refractivity contribution in [2.75, 3.05) is 14.1 Å². The zero-order valence-electron chi connectivity index (χ0n) is 16.1. The minimum absolute atomic E-state index is 0.0873. The third-order valence-corrected chi connectivity index (χ3v) is 4.88. The second kappa shape index (κ2) is 8.26. The summed E-state index contributed by atoms with van der Waals surface area (Å²) in [4.78, 5) is 13.3. The van der Waals surface area contributed by atoms with Crippen molar-refractivity contribution in [3.8, 4) is 22.6 Å². The molecule has 4 nitrogen and oxygen atoms in total. The summed E-state index contributed by atoms with van der Waals surface area (Å²) < 4.78 is 0. The Morgan fingerprint density at radius 1 is 1.04 bits per heavy atom. The number of carbonyl (C=O) groups excluding carboxylic acids is 1. The van der Waals surface area contributed by atoms with Crippen LogP contribution in [0.2, 0.25) is 0 Å². The highest BCUT2D eigenvalue weighted by Gasteiger charge is 2.22. The minimum Gasteiger partial charge on any atom is -0.508 e. The van der Waals surface area contributed by atoms with Gasteiger partial charge in [-0.05, 0) is 47.6 Å². The van der Waals surface area contributed by atoms with Crippen molar-refractivity contribution in [1.82, 2.24) is 4.90 Å². The number of rotatable bonds is 7. The monoisotopic (exact) mass is 355 g/mol. The third kappa shape index (κ3) is 5.01. The van der Waals surface area contributed by atoms with Crippen LogP contribution in [0.1, 0.15) is 45.1 Å². The highest BCUT2D eigenvalue weighted by atomic mass is 16.3. The van der Waals surface area contributed by atoms with Gasteiger partial charge in [0.15, 0.2) is 0 Å². The molecule has 26 heavy (non-hydrogen) atoms. The van der Waals surface area contributed by atoms with Gasteiger partial charge >= 0.3 is 0 Å². The molecule has 0 aliphatic carbocycles. The number of amides is 1. The smallest absolute Gasteiger partial charge is 0.222 e. The SMILES string of the molecule is CN(C)C(=O)CCCCC(C)(C)c1ccc(-c2cccc(O)c2)c(O)c1. The maximum absolute atomic E-state index is 11.7. The first-order valence-electron chi connectivity index (χ1n) is 9.04. The number of nitrogens with zero attached hydrogens (tertiary/aromatic N) is 1. The van der Waals surface area contributed by atoms with Crippen LogP contribution < -0.4 is 0 Å². The van der Waals surface area contributed by atoms with E-state index in [4.69, 9.17) is 0 Å². The Morgan fingerprint density at radius 3 is 2.38 bits per heavy atom. The molecule has 0 fully saturated rings. The van der Waals surface area contributed by atoms with E-state index < -0.39 is 0 Å². The fourth-order valence-electron chi connectivity index (χ4n) is 3.08. The van der Waals surface area contributed by atoms with Gasteiger partial charge in [-0.25, -0.2) is 0 Å². The lowest BCUT2D eigenvalue weighted by Crippen LogP contribution is -2.21. The minimum atomic E-state index is -0.0873. The molecule has 0 bridgehead atoms. The lowest BCUT2D eigenvalue weighted by molar-refractivity contribution is -0.128. The molecule has 2 aromatic rings. The van der Waals surface area contributed by atoms with Crippen LogP contribution in [-0.4, -0.2) is 35.1 Å². The lowest BCUT2D eigenvalue weighted by Gasteiger charge is -2.26. The molecule has 4 heteroatoms. The summed E-state index contributed by atoms with van der Waals surface area (Å²) in [6, 6.07) is 12.6. The zero-order valence-corrected chi connectivity index (χ0v) is 16.1. The van der Waals surface area contributed by atoms with E-state index in [1.807, 2.05) is 24.3 Å². The van der Waals surface area contributed by atoms with Crippen molar-refractivity contribution in [2.45, 2.75) is 44.9 Å². The first kappa shape index (κ1) is 19.8. The average molecular weight is 355 g/mol. The molecule has 0 unspecified atom stereocenters. The quantitative estimate of drug-likeness (QED) is 0.708. The van der Waals surface area contributed by atoms with Gasteiger partial charge in [-0.2, -0.15) is 0 Å². The molecule has 2 aromatic carbocycles. The number of aromatic hydroxyl groups is 2. The van der Waals surface area contributed by atoms with Gasteiger partial charge in [0, 0.05) is 26.1 Å². The molecule has 0 heterocycles. The molecule has 0 aliphatic rings. The summed E-state index contributed by atoms with van der Waals surface area (Å²) in [5.41, 5.74) is 2.47. The Balaban J connectivity index is 2.05. The van der Waals surface area contributed by atoms with E-state index in [-0.39, 0.29) is 22.8 Å². The summed E-state index contributed by atoms with van der Waals surface area (Å²) in [5, 5.41) is 20.1. The van der Waals surface area contributed by atoms with Crippen LogP contribution in [0.3, 0.4) is 0 Å². The highest BCUT2D eigenvalue weighted by molar-refractivity contribution is 5.75. The number of hydrogen-bond donors (Lipinski definition) is 2. The van der Waals surface area contributed by atoms with Crippen LogP contribution in [0.25, 0.3) is 11.1 Å². The first-order valence-corrected chi connectivity index (χ1v) is 9.04. The Bertz CT molecular complexity index is 766. The summed E-state index contributed by atoms with van der Waals surface area (Å²) in [5.74, 6) is 0.554. The second-order valence-electron chi connectivity index (χ2n) is 7.66. The number of carbonyl (C=O) groups is 1. The first-order chi connectivity index (χ1) is 12.2. The molecular formula is C22H29NO3. The van der Waals surface area contributed by atoms with Crippen molar-refractivity contribution in [1.29, 1.82) is 0 Å². The largest absolute Gasteiger partial charge is 0.508 e. The number of phenols is 2. The van der Waals surface area contributed by atoms with Gasteiger partial charge in [-0.15, -0.1) is 0 Å². The number of phenolic OH excluding ortho intramolecular Hbond substituents is 2. The molecule has 0 saturated heterocycles. The van der Waals surface area contributed by atoms with E-state index in [0.717, 1.165) is 30.4 Å². The fourth-order valence-corrected chi connectivity index (χ4v) is 3.08. The molecule has 0 aliphatic heterocycles. The highest BCUT2D eigenvalue weighted by Crippen LogP contribution is 2.37. The number of unbranched alkanes of at least 4 members (excludes halogenated alkanes) is 1. The van der Waals surface area contributed by atoms with Gasteiger partial charge in [-0.3, -0.25) is 4.79 Å². The Labute approximate surface area is 156 Å². The van der Waals surface area contributed by atoms with E-state index in [1.54, 1.807) is 37.2 Å². The van der Waals surface area contributed by atoms with Gasteiger partial charge in [0.05, 0.1) is 0 Å². The topological polar surface area (TPSA) is 60.8 Å². The zero-order chi connectivity index (χ0) is 19.3. The van der Waals surface area contributed by atoms with Crippen molar-refractivity contribution in [2.24, 2.45) is 0 Å². The van der Waals surface area contributed by atoms with Crippen LogP contribution in [0.15, 0.2) is 42.5 Å². The summed E-state index contributed by atoms with van der Waals surface area (Å²) >= 11 is 0. The van der Waals surface area contributed by atoms with E-state index in [0.29, 0.717) is 12.0 Å². The molecule has 140 valence electrons. The molecular weight excluding hydrogens is 326 g/mol. The predicted octanol–water partition coefficient (Wildman–Crippen LogP) is 4.69. The normalized spacial score (nSPS) is 11.4. The lowest BCUT2D eigenvalue weighted by atomic mass is 9.79. The van der Waals surface area contributed by atoms with E-state index in [2.05, 4.69) is 13.8 Å². The average Bonchev–Trinajstić information content (AvgIpc) is 2.58. The van der Waals surface area contributed by atoms with Crippen molar-refractivity contribution in [3.05, 3.63) is 48.0 Å². The van der Waals surface area contributed by atoms with Gasteiger partial charge in [0.1, 0.15) is 11.5 Å². The Hall–Kier alpha value is -2.49. The number of hydrogen-bond acceptors (Lipinski definition) is 3. The third-order valence-electron chi connectivity index (χ3n) is 4.88. The van der Waals surface area contributed by atoms with Gasteiger partial charge in [-0.1, -0.05) is 44.5 Å². The molecule has 0 aromatic heterocycles. The Kier molecular flexibility index (Phi) is 6.30. The molecule has 2 N–H and O–H groups in total. The maximum Gasteiger partial charge on any atom is 0.222 e. The molecule has 0 atom stereocenters. The van der Waals surface area contributed by atoms with Gasteiger partial charge in [0.25, 0.3) is 0 Å². The van der Waals surface area contributed by atoms with Crippen LogP contribution in [-0.2, 0) is 10.2 Å². The molecule has 0 saturated carbocycles. The van der Waals surface area contributed by atoms with Crippen LogP contribution in [0.5, 0.6) is 11.5 Å². The maximum atomic E-state index is 11.7. The van der Waals surface area contributed by atoms with E-state index >= 15 is 0 Å². The molecule has 2 rings (SSSR count). The molecule has 1 amide bonds. The second-order valence-corrected chi connectivity index (χ2v) is 7.66. The van der Waals surface area contributed by atoms with E-state index in [9.17, 15) is 15.0 Å². The predicted molar refractivity (Wildman–Crippen MR) is 105 cm³/mol. The summed E-state index contributed by atoms with van der Waals surface area (Å²) in [6.45, 7) is 4.31. The molecule has 0 radical (unpaired) electrons. The van der Waals surface area contributed by atoms with Crippen molar-refractivity contribution >= 4 is 5.91 Å². The number of benzene rings is 2. The van der Waals surface area contributed by atoms with Gasteiger partial charge in [0.2, 0.25) is 5.91 Å². The van der Waals surface area contributed by atoms with Gasteiger partial charge < -0.3 is 15.1 Å². The summed E-state index contributed by atoms with van der Waals surface area (Å²) in [7, 11) is 3.56. The summed E-state index contributed by atoms with van der Waals surface area (Å²) in [6.07, 6.45) is 3.35. The van der Waals surface area contributed by atoms with E-state index in [1.165, 1.54) is 0 Å². The Morgan fingerprint density at radius 2 is 1.77 bits per heavy atom.